The van der Waals surface area contributed by atoms with Gasteiger partial charge in [-0.05, 0) is 56.5 Å². The quantitative estimate of drug-likeness (QED) is 0.259. The van der Waals surface area contributed by atoms with Gasteiger partial charge in [0.05, 0.1) is 24.2 Å². The molecule has 7 heteroatoms. The van der Waals surface area contributed by atoms with Crippen molar-refractivity contribution in [3.63, 3.8) is 0 Å². The number of aryl methyl sites for hydroxylation is 1. The lowest BCUT2D eigenvalue weighted by Crippen LogP contribution is -2.44. The van der Waals surface area contributed by atoms with Gasteiger partial charge in [-0.25, -0.2) is 0 Å². The lowest BCUT2D eigenvalue weighted by molar-refractivity contribution is -0.168. The molecule has 6 nitrogen and oxygen atoms in total. The molecule has 2 aromatic rings. The minimum Gasteiger partial charge on any atom is -0.497 e. The standard InChI is InChI=1S/C25H34O6S/c1-4-29-19-30-25(16-6-5-7-17-25)24(21-10-12-22(28-3)13-11-21)18-31-32(26,27)23-14-8-20(2)9-15-23/h8-15,24H,4-7,16-19H2,1-3H3/t24-/m0/s1. The Hall–Kier alpha value is -1.93. The van der Waals surface area contributed by atoms with Crippen LogP contribution in [-0.4, -0.2) is 41.1 Å². The third kappa shape index (κ3) is 6.10. The van der Waals surface area contributed by atoms with E-state index >= 15 is 0 Å². The Morgan fingerprint density at radius 3 is 2.22 bits per heavy atom. The van der Waals surface area contributed by atoms with Crippen molar-refractivity contribution in [3.05, 3.63) is 59.7 Å². The van der Waals surface area contributed by atoms with Gasteiger partial charge in [-0.2, -0.15) is 8.42 Å². The van der Waals surface area contributed by atoms with E-state index < -0.39 is 15.7 Å². The van der Waals surface area contributed by atoms with Crippen LogP contribution in [-0.2, 0) is 23.8 Å². The monoisotopic (exact) mass is 462 g/mol. The second-order valence-corrected chi connectivity index (χ2v) is 9.87. The molecule has 1 aliphatic carbocycles. The smallest absolute Gasteiger partial charge is 0.296 e. The number of hydrogen-bond acceptors (Lipinski definition) is 6. The Morgan fingerprint density at radius 2 is 1.62 bits per heavy atom. The molecule has 1 fully saturated rings. The van der Waals surface area contributed by atoms with Crippen LogP contribution in [0.2, 0.25) is 0 Å². The van der Waals surface area contributed by atoms with Gasteiger partial charge in [-0.1, -0.05) is 49.1 Å². The molecular formula is C25H34O6S. The third-order valence-corrected chi connectivity index (χ3v) is 7.48. The first-order chi connectivity index (χ1) is 15.4. The van der Waals surface area contributed by atoms with Crippen LogP contribution in [0.3, 0.4) is 0 Å². The zero-order valence-corrected chi connectivity index (χ0v) is 20.0. The summed E-state index contributed by atoms with van der Waals surface area (Å²) in [6.07, 6.45) is 4.82. The molecule has 3 rings (SSSR count). The van der Waals surface area contributed by atoms with E-state index in [1.54, 1.807) is 31.4 Å². The predicted octanol–water partition coefficient (Wildman–Crippen LogP) is 5.21. The Kier molecular flexibility index (Phi) is 8.71. The number of hydrogen-bond donors (Lipinski definition) is 0. The topological polar surface area (TPSA) is 71.1 Å². The van der Waals surface area contributed by atoms with E-state index in [0.717, 1.165) is 49.0 Å². The SMILES string of the molecule is CCOCOC1([C@@H](COS(=O)(=O)c2ccc(C)cc2)c2ccc(OC)cc2)CCCCC1. The molecule has 176 valence electrons. The first-order valence-electron chi connectivity index (χ1n) is 11.2. The highest BCUT2D eigenvalue weighted by atomic mass is 32.2. The first-order valence-corrected chi connectivity index (χ1v) is 12.6. The second kappa shape index (κ2) is 11.3. The highest BCUT2D eigenvalue weighted by Gasteiger charge is 2.43. The largest absolute Gasteiger partial charge is 0.497 e. The lowest BCUT2D eigenvalue weighted by Gasteiger charge is -2.43. The maximum Gasteiger partial charge on any atom is 0.296 e. The maximum absolute atomic E-state index is 12.9. The van der Waals surface area contributed by atoms with Gasteiger partial charge < -0.3 is 14.2 Å². The molecule has 2 aromatic carbocycles. The molecule has 0 aliphatic heterocycles. The molecule has 0 amide bonds. The lowest BCUT2D eigenvalue weighted by atomic mass is 9.73. The molecule has 0 N–H and O–H groups in total. The van der Waals surface area contributed by atoms with Crippen LogP contribution in [0.5, 0.6) is 5.75 Å². The van der Waals surface area contributed by atoms with Crippen molar-refractivity contribution >= 4 is 10.1 Å². The summed E-state index contributed by atoms with van der Waals surface area (Å²) in [6.45, 7) is 4.57. The molecular weight excluding hydrogens is 428 g/mol. The molecule has 1 aliphatic rings. The molecule has 32 heavy (non-hydrogen) atoms. The summed E-state index contributed by atoms with van der Waals surface area (Å²) in [5.41, 5.74) is 1.40. The fourth-order valence-electron chi connectivity index (χ4n) is 4.30. The van der Waals surface area contributed by atoms with Crippen LogP contribution in [0, 0.1) is 6.92 Å². The normalized spacial score (nSPS) is 17.1. The van der Waals surface area contributed by atoms with Gasteiger partial charge in [0.25, 0.3) is 10.1 Å². The van der Waals surface area contributed by atoms with Gasteiger partial charge in [0, 0.05) is 12.5 Å². The van der Waals surface area contributed by atoms with Gasteiger partial charge in [-0.3, -0.25) is 4.18 Å². The van der Waals surface area contributed by atoms with Gasteiger partial charge in [0.2, 0.25) is 0 Å². The van der Waals surface area contributed by atoms with Crippen molar-refractivity contribution in [2.45, 2.75) is 62.4 Å². The molecule has 0 aromatic heterocycles. The summed E-state index contributed by atoms with van der Waals surface area (Å²) in [5, 5.41) is 0. The summed E-state index contributed by atoms with van der Waals surface area (Å²) in [4.78, 5) is 0.157. The summed E-state index contributed by atoms with van der Waals surface area (Å²) < 4.78 is 48.6. The number of methoxy groups -OCH3 is 1. The number of rotatable bonds is 11. The Balaban J connectivity index is 1.90. The molecule has 1 saturated carbocycles. The molecule has 0 spiro atoms. The summed E-state index contributed by atoms with van der Waals surface area (Å²) in [5.74, 6) is 0.475. The van der Waals surface area contributed by atoms with Crippen LogP contribution in [0.4, 0.5) is 0 Å². The van der Waals surface area contributed by atoms with Gasteiger partial charge in [0.15, 0.2) is 0 Å². The van der Waals surface area contributed by atoms with E-state index in [4.69, 9.17) is 18.4 Å². The van der Waals surface area contributed by atoms with E-state index in [1.807, 2.05) is 38.1 Å². The van der Waals surface area contributed by atoms with Gasteiger partial charge >= 0.3 is 0 Å². The minimum atomic E-state index is -3.90. The summed E-state index contributed by atoms with van der Waals surface area (Å²) >= 11 is 0. The Morgan fingerprint density at radius 1 is 0.969 bits per heavy atom. The zero-order valence-electron chi connectivity index (χ0n) is 19.2. The average Bonchev–Trinajstić information content (AvgIpc) is 2.80. The molecule has 0 bridgehead atoms. The third-order valence-electron chi connectivity index (χ3n) is 6.19. The van der Waals surface area contributed by atoms with Crippen molar-refractivity contribution in [1.82, 2.24) is 0 Å². The summed E-state index contributed by atoms with van der Waals surface area (Å²) in [6, 6.07) is 14.4. The van der Waals surface area contributed by atoms with E-state index in [0.29, 0.717) is 6.61 Å². The van der Waals surface area contributed by atoms with Crippen LogP contribution in [0.25, 0.3) is 0 Å². The molecule has 1 atom stereocenters. The number of benzene rings is 2. The first kappa shape index (κ1) is 24.7. The Bertz CT molecular complexity index is 931. The van der Waals surface area contributed by atoms with Crippen molar-refractivity contribution in [1.29, 1.82) is 0 Å². The van der Waals surface area contributed by atoms with Crippen molar-refractivity contribution in [3.8, 4) is 5.75 Å². The van der Waals surface area contributed by atoms with Gasteiger partial charge in [-0.15, -0.1) is 0 Å². The fourth-order valence-corrected chi connectivity index (χ4v) is 5.23. The van der Waals surface area contributed by atoms with Crippen LogP contribution in [0.15, 0.2) is 53.4 Å². The molecule has 0 unspecified atom stereocenters. The van der Waals surface area contributed by atoms with Crippen molar-refractivity contribution in [2.75, 3.05) is 27.1 Å². The van der Waals surface area contributed by atoms with Crippen LogP contribution in [0.1, 0.15) is 56.1 Å². The van der Waals surface area contributed by atoms with E-state index in [-0.39, 0.29) is 24.2 Å². The molecule has 0 heterocycles. The molecule has 0 radical (unpaired) electrons. The molecule has 0 saturated heterocycles. The highest BCUT2D eigenvalue weighted by Crippen LogP contribution is 2.44. The number of ether oxygens (including phenoxy) is 3. The predicted molar refractivity (Wildman–Crippen MR) is 123 cm³/mol. The summed E-state index contributed by atoms with van der Waals surface area (Å²) in [7, 11) is -2.27. The van der Waals surface area contributed by atoms with Gasteiger partial charge in [0.1, 0.15) is 12.5 Å². The second-order valence-electron chi connectivity index (χ2n) is 8.26. The van der Waals surface area contributed by atoms with Crippen molar-refractivity contribution < 1.29 is 26.8 Å². The zero-order chi connectivity index (χ0) is 23.0. The highest BCUT2D eigenvalue weighted by molar-refractivity contribution is 7.86. The van der Waals surface area contributed by atoms with E-state index in [2.05, 4.69) is 0 Å². The minimum absolute atomic E-state index is 0.00529. The van der Waals surface area contributed by atoms with Crippen LogP contribution < -0.4 is 4.74 Å². The van der Waals surface area contributed by atoms with Crippen LogP contribution >= 0.6 is 0 Å². The Labute approximate surface area is 192 Å². The average molecular weight is 463 g/mol. The fraction of sp³-hybridized carbons (Fsp3) is 0.520. The maximum atomic E-state index is 12.9. The van der Waals surface area contributed by atoms with E-state index in [1.165, 1.54) is 0 Å². The van der Waals surface area contributed by atoms with Crippen molar-refractivity contribution in [2.24, 2.45) is 0 Å². The van der Waals surface area contributed by atoms with E-state index in [9.17, 15) is 8.42 Å².